The summed E-state index contributed by atoms with van der Waals surface area (Å²) in [7, 11) is 0. The van der Waals surface area contributed by atoms with E-state index in [1.807, 2.05) is 17.5 Å². The lowest BCUT2D eigenvalue weighted by Gasteiger charge is -2.32. The largest absolute Gasteiger partial charge is 0.393 e. The number of hydrogen-bond acceptors (Lipinski definition) is 4. The highest BCUT2D eigenvalue weighted by Crippen LogP contribution is 2.39. The van der Waals surface area contributed by atoms with E-state index in [0.29, 0.717) is 13.0 Å². The van der Waals surface area contributed by atoms with Gasteiger partial charge in [-0.3, -0.25) is 10.6 Å². The molecule has 2 unspecified atom stereocenters. The zero-order chi connectivity index (χ0) is 14.2. The highest BCUT2D eigenvalue weighted by molar-refractivity contribution is 7.09. The van der Waals surface area contributed by atoms with Gasteiger partial charge in [0, 0.05) is 23.5 Å². The van der Waals surface area contributed by atoms with E-state index in [1.165, 1.54) is 4.88 Å². The predicted octanol–water partition coefficient (Wildman–Crippen LogP) is 2.07. The molecule has 1 aromatic heterocycles. The first-order valence-corrected chi connectivity index (χ1v) is 7.74. The van der Waals surface area contributed by atoms with E-state index in [0.717, 1.165) is 6.54 Å². The fraction of sp³-hybridized carbons (Fsp3) is 0.692. The second-order valence-electron chi connectivity index (χ2n) is 5.45. The Bertz CT molecular complexity index is 435. The van der Waals surface area contributed by atoms with Crippen LogP contribution in [0.4, 0.5) is 13.2 Å². The molecule has 2 fully saturated rings. The third-order valence-electron chi connectivity index (χ3n) is 4.01. The first kappa shape index (κ1) is 14.3. The smallest absolute Gasteiger partial charge is 0.312 e. The summed E-state index contributed by atoms with van der Waals surface area (Å²) in [6, 6.07) is 3.52. The minimum absolute atomic E-state index is 0.0111. The van der Waals surface area contributed by atoms with E-state index >= 15 is 0 Å². The van der Waals surface area contributed by atoms with Crippen LogP contribution in [0.5, 0.6) is 0 Å². The Morgan fingerprint density at radius 1 is 1.35 bits per heavy atom. The Kier molecular flexibility index (Phi) is 4.03. The third-order valence-corrected chi connectivity index (χ3v) is 4.88. The van der Waals surface area contributed by atoms with E-state index < -0.39 is 18.1 Å². The minimum atomic E-state index is -4.11. The fourth-order valence-electron chi connectivity index (χ4n) is 2.86. The van der Waals surface area contributed by atoms with Crippen molar-refractivity contribution in [3.63, 3.8) is 0 Å². The molecule has 4 atom stereocenters. The number of piperidine rings is 1. The first-order valence-electron chi connectivity index (χ1n) is 6.86. The van der Waals surface area contributed by atoms with Crippen molar-refractivity contribution in [3.05, 3.63) is 22.4 Å². The molecule has 0 amide bonds. The molecule has 2 saturated heterocycles. The maximum Gasteiger partial charge on any atom is 0.393 e. The predicted molar refractivity (Wildman–Crippen MR) is 72.4 cm³/mol. The lowest BCUT2D eigenvalue weighted by atomic mass is 9.88. The molecule has 0 saturated carbocycles. The van der Waals surface area contributed by atoms with Crippen LogP contribution in [0.15, 0.2) is 17.5 Å². The first-order chi connectivity index (χ1) is 9.54. The summed E-state index contributed by atoms with van der Waals surface area (Å²) in [6.45, 7) is 1.32. The molecule has 3 heterocycles. The lowest BCUT2D eigenvalue weighted by Crippen LogP contribution is -2.50. The second kappa shape index (κ2) is 5.63. The van der Waals surface area contributed by atoms with Gasteiger partial charge in [0.15, 0.2) is 0 Å². The quantitative estimate of drug-likeness (QED) is 0.576. The standard InChI is InChI=1S/C13H18F3N3S/c14-13(15,16)9-6-11-12(19-11)18-10(9)3-4-17-7-8-2-1-5-20-8/h1-2,5,9-12,17-19H,3-4,6-7H2/t9-,10-,11?,12?/m0/s1. The van der Waals surface area contributed by atoms with Crippen LogP contribution in [-0.2, 0) is 6.54 Å². The number of rotatable bonds is 5. The molecular formula is C13H18F3N3S. The Balaban J connectivity index is 1.47. The second-order valence-corrected chi connectivity index (χ2v) is 6.48. The van der Waals surface area contributed by atoms with Gasteiger partial charge in [-0.2, -0.15) is 13.2 Å². The molecule has 0 radical (unpaired) electrons. The average Bonchev–Trinajstić information content (AvgIpc) is 2.95. The van der Waals surface area contributed by atoms with Gasteiger partial charge in [-0.15, -0.1) is 11.3 Å². The van der Waals surface area contributed by atoms with Crippen LogP contribution in [0.3, 0.4) is 0 Å². The number of fused-ring (bicyclic) bond motifs is 1. The van der Waals surface area contributed by atoms with Crippen LogP contribution in [0.2, 0.25) is 0 Å². The summed E-state index contributed by atoms with van der Waals surface area (Å²) in [6.07, 6.45) is -3.31. The van der Waals surface area contributed by atoms with Crippen LogP contribution in [0.1, 0.15) is 17.7 Å². The summed E-state index contributed by atoms with van der Waals surface area (Å²) in [5.74, 6) is -1.23. The molecule has 7 heteroatoms. The highest BCUT2D eigenvalue weighted by Gasteiger charge is 2.54. The van der Waals surface area contributed by atoms with Gasteiger partial charge in [-0.25, -0.2) is 0 Å². The van der Waals surface area contributed by atoms with Crippen LogP contribution in [0, 0.1) is 5.92 Å². The molecule has 2 aliphatic rings. The summed E-state index contributed by atoms with van der Waals surface area (Å²) in [4.78, 5) is 1.21. The maximum atomic E-state index is 13.0. The van der Waals surface area contributed by atoms with Crippen LogP contribution >= 0.6 is 11.3 Å². The van der Waals surface area contributed by atoms with Crippen molar-refractivity contribution < 1.29 is 13.2 Å². The van der Waals surface area contributed by atoms with Crippen molar-refractivity contribution in [2.24, 2.45) is 5.92 Å². The van der Waals surface area contributed by atoms with Crippen LogP contribution in [-0.4, -0.2) is 31.0 Å². The van der Waals surface area contributed by atoms with Gasteiger partial charge in [0.25, 0.3) is 0 Å². The molecule has 3 nitrogen and oxygen atoms in total. The monoisotopic (exact) mass is 305 g/mol. The number of hydrogen-bond donors (Lipinski definition) is 3. The summed E-state index contributed by atoms with van der Waals surface area (Å²) >= 11 is 1.65. The maximum absolute atomic E-state index is 13.0. The van der Waals surface area contributed by atoms with Crippen molar-refractivity contribution >= 4 is 11.3 Å². The van der Waals surface area contributed by atoms with Crippen molar-refractivity contribution in [3.8, 4) is 0 Å². The third kappa shape index (κ3) is 3.33. The SMILES string of the molecule is FC(F)(F)[C@H]1CC2NC2N[C@H]1CCNCc1cccs1. The highest BCUT2D eigenvalue weighted by atomic mass is 32.1. The number of halogens is 3. The molecule has 0 aromatic carbocycles. The Hall–Kier alpha value is -0.630. The van der Waals surface area contributed by atoms with Gasteiger partial charge in [0.2, 0.25) is 0 Å². The molecule has 3 N–H and O–H groups in total. The number of alkyl halides is 3. The van der Waals surface area contributed by atoms with Gasteiger partial charge < -0.3 is 5.32 Å². The zero-order valence-corrected chi connectivity index (χ0v) is 11.7. The Labute approximate surface area is 119 Å². The van der Waals surface area contributed by atoms with Crippen LogP contribution in [0.25, 0.3) is 0 Å². The molecule has 2 aliphatic heterocycles. The molecule has 0 aliphatic carbocycles. The summed E-state index contributed by atoms with van der Waals surface area (Å²) in [5, 5.41) is 11.3. The molecule has 3 rings (SSSR count). The molecular weight excluding hydrogens is 287 g/mol. The fourth-order valence-corrected chi connectivity index (χ4v) is 3.53. The average molecular weight is 305 g/mol. The van der Waals surface area contributed by atoms with E-state index in [9.17, 15) is 13.2 Å². The van der Waals surface area contributed by atoms with Gasteiger partial charge in [-0.05, 0) is 30.8 Å². The molecule has 20 heavy (non-hydrogen) atoms. The van der Waals surface area contributed by atoms with Crippen molar-refractivity contribution in [2.75, 3.05) is 6.54 Å². The van der Waals surface area contributed by atoms with Gasteiger partial charge in [0.1, 0.15) is 0 Å². The Morgan fingerprint density at radius 2 is 2.20 bits per heavy atom. The van der Waals surface area contributed by atoms with Crippen molar-refractivity contribution in [2.45, 2.75) is 43.8 Å². The zero-order valence-electron chi connectivity index (χ0n) is 10.9. The summed E-state index contributed by atoms with van der Waals surface area (Å²) in [5.41, 5.74) is 0. The lowest BCUT2D eigenvalue weighted by molar-refractivity contribution is -0.187. The van der Waals surface area contributed by atoms with Gasteiger partial charge in [-0.1, -0.05) is 6.07 Å². The Morgan fingerprint density at radius 3 is 2.90 bits per heavy atom. The summed E-state index contributed by atoms with van der Waals surface area (Å²) < 4.78 is 39.1. The van der Waals surface area contributed by atoms with E-state index in [1.54, 1.807) is 11.3 Å². The van der Waals surface area contributed by atoms with E-state index in [4.69, 9.17) is 0 Å². The van der Waals surface area contributed by atoms with E-state index in [-0.39, 0.29) is 18.6 Å². The number of thiophene rings is 1. The van der Waals surface area contributed by atoms with Crippen molar-refractivity contribution in [1.29, 1.82) is 0 Å². The van der Waals surface area contributed by atoms with Crippen LogP contribution < -0.4 is 16.0 Å². The van der Waals surface area contributed by atoms with E-state index in [2.05, 4.69) is 16.0 Å². The molecule has 0 bridgehead atoms. The van der Waals surface area contributed by atoms with Gasteiger partial charge >= 0.3 is 6.18 Å². The molecule has 1 aromatic rings. The minimum Gasteiger partial charge on any atom is -0.312 e. The normalized spacial score (nSPS) is 33.0. The van der Waals surface area contributed by atoms with Crippen molar-refractivity contribution in [1.82, 2.24) is 16.0 Å². The molecule has 0 spiro atoms. The number of nitrogens with one attached hydrogen (secondary N) is 3. The molecule has 112 valence electrons. The van der Waals surface area contributed by atoms with Gasteiger partial charge in [0.05, 0.1) is 12.1 Å². The topological polar surface area (TPSA) is 46.0 Å².